The summed E-state index contributed by atoms with van der Waals surface area (Å²) in [5, 5.41) is 0. The fraction of sp³-hybridized carbons (Fsp3) is 0.148. The molecule has 0 amide bonds. The Bertz CT molecular complexity index is 1070. The highest BCUT2D eigenvalue weighted by atomic mass is 14.7. The molecule has 0 fully saturated rings. The van der Waals surface area contributed by atoms with Crippen LogP contribution in [0.5, 0.6) is 0 Å². The number of hydrogen-bond acceptors (Lipinski definition) is 1. The van der Waals surface area contributed by atoms with E-state index in [2.05, 4.69) is 107 Å². The summed E-state index contributed by atoms with van der Waals surface area (Å²) in [5.74, 6) is 0. The van der Waals surface area contributed by atoms with Gasteiger partial charge in [-0.25, -0.2) is 4.98 Å². The molecule has 0 aliphatic carbocycles. The van der Waals surface area contributed by atoms with E-state index in [0.717, 1.165) is 22.5 Å². The lowest BCUT2D eigenvalue weighted by Crippen LogP contribution is -1.93. The molecule has 0 aliphatic heterocycles. The second kappa shape index (κ2) is 7.44. The molecule has 4 rings (SSSR count). The van der Waals surface area contributed by atoms with Crippen molar-refractivity contribution in [2.45, 2.75) is 27.7 Å². The van der Waals surface area contributed by atoms with Crippen LogP contribution in [-0.4, -0.2) is 4.98 Å². The molecule has 0 spiro atoms. The van der Waals surface area contributed by atoms with Crippen LogP contribution >= 0.6 is 0 Å². The highest BCUT2D eigenvalue weighted by Crippen LogP contribution is 2.31. The fourth-order valence-electron chi connectivity index (χ4n) is 3.43. The lowest BCUT2D eigenvalue weighted by atomic mass is 9.97. The minimum atomic E-state index is 1.01. The van der Waals surface area contributed by atoms with Crippen molar-refractivity contribution in [2.24, 2.45) is 0 Å². The van der Waals surface area contributed by atoms with Crippen molar-refractivity contribution in [2.75, 3.05) is 0 Å². The molecular weight excluding hydrogens is 338 g/mol. The van der Waals surface area contributed by atoms with Crippen molar-refractivity contribution < 1.29 is 0 Å². The van der Waals surface area contributed by atoms with Gasteiger partial charge in [0.2, 0.25) is 0 Å². The number of aromatic nitrogens is 1. The summed E-state index contributed by atoms with van der Waals surface area (Å²) in [5.41, 5.74) is 11.9. The van der Waals surface area contributed by atoms with Crippen molar-refractivity contribution in [3.05, 3.63) is 101 Å². The summed E-state index contributed by atoms with van der Waals surface area (Å²) >= 11 is 0. The lowest BCUT2D eigenvalue weighted by Gasteiger charge is -2.12. The molecule has 4 aromatic rings. The van der Waals surface area contributed by atoms with Gasteiger partial charge in [-0.05, 0) is 85.3 Å². The van der Waals surface area contributed by atoms with Crippen LogP contribution in [0.25, 0.3) is 33.6 Å². The van der Waals surface area contributed by atoms with Crippen molar-refractivity contribution in [1.29, 1.82) is 0 Å². The van der Waals surface area contributed by atoms with E-state index in [0.29, 0.717) is 0 Å². The largest absolute Gasteiger partial charge is 0.248 e. The second-order valence-corrected chi connectivity index (χ2v) is 7.59. The Morgan fingerprint density at radius 2 is 0.929 bits per heavy atom. The van der Waals surface area contributed by atoms with E-state index in [1.807, 2.05) is 0 Å². The third-order valence-electron chi connectivity index (χ3n) is 5.54. The smallest absolute Gasteiger partial charge is 0.0715 e. The lowest BCUT2D eigenvalue weighted by molar-refractivity contribution is 1.28. The van der Waals surface area contributed by atoms with E-state index in [1.54, 1.807) is 0 Å². The normalized spacial score (nSPS) is 10.9. The molecule has 0 unspecified atom stereocenters. The zero-order valence-electron chi connectivity index (χ0n) is 17.0. The minimum absolute atomic E-state index is 1.01. The van der Waals surface area contributed by atoms with Gasteiger partial charge in [-0.1, -0.05) is 54.6 Å². The van der Waals surface area contributed by atoms with Crippen LogP contribution in [0.2, 0.25) is 0 Å². The van der Waals surface area contributed by atoms with Crippen LogP contribution < -0.4 is 0 Å². The number of pyridine rings is 1. The van der Waals surface area contributed by atoms with E-state index in [-0.39, 0.29) is 0 Å². The van der Waals surface area contributed by atoms with Crippen molar-refractivity contribution in [3.8, 4) is 33.6 Å². The molecule has 0 saturated heterocycles. The number of rotatable bonds is 3. The van der Waals surface area contributed by atoms with Gasteiger partial charge in [0.1, 0.15) is 0 Å². The Morgan fingerprint density at radius 1 is 0.429 bits per heavy atom. The van der Waals surface area contributed by atoms with Crippen molar-refractivity contribution >= 4 is 0 Å². The van der Waals surface area contributed by atoms with Crippen LogP contribution in [0, 0.1) is 27.7 Å². The molecule has 1 heterocycles. The molecule has 0 radical (unpaired) electrons. The quantitative estimate of drug-likeness (QED) is 0.372. The first kappa shape index (κ1) is 18.2. The molecule has 3 aromatic carbocycles. The molecule has 138 valence electrons. The van der Waals surface area contributed by atoms with Gasteiger partial charge >= 0.3 is 0 Å². The van der Waals surface area contributed by atoms with E-state index < -0.39 is 0 Å². The van der Waals surface area contributed by atoms with Crippen LogP contribution in [0.3, 0.4) is 0 Å². The zero-order valence-corrected chi connectivity index (χ0v) is 17.0. The molecule has 0 aliphatic rings. The maximum absolute atomic E-state index is 5.04. The van der Waals surface area contributed by atoms with Gasteiger partial charge in [0, 0.05) is 11.1 Å². The van der Waals surface area contributed by atoms with E-state index >= 15 is 0 Å². The molecule has 0 N–H and O–H groups in total. The summed E-state index contributed by atoms with van der Waals surface area (Å²) in [6.07, 6.45) is 0. The van der Waals surface area contributed by atoms with Gasteiger partial charge in [-0.2, -0.15) is 0 Å². The molecule has 0 bridgehead atoms. The van der Waals surface area contributed by atoms with Gasteiger partial charge in [-0.15, -0.1) is 0 Å². The topological polar surface area (TPSA) is 12.9 Å². The third kappa shape index (κ3) is 3.61. The highest BCUT2D eigenvalue weighted by Gasteiger charge is 2.10. The monoisotopic (exact) mass is 363 g/mol. The van der Waals surface area contributed by atoms with Crippen molar-refractivity contribution in [3.63, 3.8) is 0 Å². The molecule has 0 atom stereocenters. The predicted octanol–water partition coefficient (Wildman–Crippen LogP) is 7.32. The summed E-state index contributed by atoms with van der Waals surface area (Å²) in [6.45, 7) is 8.61. The SMILES string of the molecule is Cc1ccc(-c2cc(-c3ccccc3)cc(-c3ccc(C)c(C)c3)n2)cc1C. The van der Waals surface area contributed by atoms with Gasteiger partial charge < -0.3 is 0 Å². The van der Waals surface area contributed by atoms with Gasteiger partial charge in [0.05, 0.1) is 11.4 Å². The number of aryl methyl sites for hydroxylation is 4. The van der Waals surface area contributed by atoms with Gasteiger partial charge in [0.15, 0.2) is 0 Å². The van der Waals surface area contributed by atoms with Gasteiger partial charge in [-0.3, -0.25) is 0 Å². The maximum atomic E-state index is 5.04. The molecular formula is C27H25N. The average molecular weight is 364 g/mol. The Hall–Kier alpha value is -3.19. The number of nitrogens with zero attached hydrogens (tertiary/aromatic N) is 1. The van der Waals surface area contributed by atoms with Crippen molar-refractivity contribution in [1.82, 2.24) is 4.98 Å². The zero-order chi connectivity index (χ0) is 19.7. The fourth-order valence-corrected chi connectivity index (χ4v) is 3.43. The van der Waals surface area contributed by atoms with Crippen LogP contribution in [0.15, 0.2) is 78.9 Å². The highest BCUT2D eigenvalue weighted by molar-refractivity contribution is 5.77. The second-order valence-electron chi connectivity index (χ2n) is 7.59. The van der Waals surface area contributed by atoms with Crippen LogP contribution in [0.4, 0.5) is 0 Å². The minimum Gasteiger partial charge on any atom is -0.248 e. The summed E-state index contributed by atoms with van der Waals surface area (Å²) in [4.78, 5) is 5.04. The number of hydrogen-bond donors (Lipinski definition) is 0. The average Bonchev–Trinajstić information content (AvgIpc) is 2.72. The Labute approximate surface area is 167 Å². The molecule has 1 aromatic heterocycles. The maximum Gasteiger partial charge on any atom is 0.0715 e. The Morgan fingerprint density at radius 3 is 1.39 bits per heavy atom. The van der Waals surface area contributed by atoms with Crippen LogP contribution in [-0.2, 0) is 0 Å². The summed E-state index contributed by atoms with van der Waals surface area (Å²) < 4.78 is 0. The Balaban J connectivity index is 1.92. The van der Waals surface area contributed by atoms with E-state index in [1.165, 1.54) is 33.4 Å². The molecule has 0 saturated carbocycles. The van der Waals surface area contributed by atoms with Crippen LogP contribution in [0.1, 0.15) is 22.3 Å². The summed E-state index contributed by atoms with van der Waals surface area (Å²) in [7, 11) is 0. The number of benzene rings is 3. The molecule has 28 heavy (non-hydrogen) atoms. The van der Waals surface area contributed by atoms with Gasteiger partial charge in [0.25, 0.3) is 0 Å². The Kier molecular flexibility index (Phi) is 4.83. The first-order valence-corrected chi connectivity index (χ1v) is 9.74. The first-order chi connectivity index (χ1) is 13.5. The molecule has 1 heteroatoms. The third-order valence-corrected chi connectivity index (χ3v) is 5.54. The standard InChI is InChI=1S/C27H25N/c1-18-10-12-23(14-20(18)3)26-16-25(22-8-6-5-7-9-22)17-27(28-26)24-13-11-19(2)21(4)15-24/h5-17H,1-4H3. The molecule has 1 nitrogen and oxygen atoms in total. The van der Waals surface area contributed by atoms with E-state index in [4.69, 9.17) is 4.98 Å². The van der Waals surface area contributed by atoms with E-state index in [9.17, 15) is 0 Å². The predicted molar refractivity (Wildman–Crippen MR) is 119 cm³/mol. The first-order valence-electron chi connectivity index (χ1n) is 9.74. The summed E-state index contributed by atoms with van der Waals surface area (Å²) in [6, 6.07) is 28.1.